The fourth-order valence-electron chi connectivity index (χ4n) is 4.86. The van der Waals surface area contributed by atoms with Crippen molar-refractivity contribution >= 4 is 22.6 Å². The van der Waals surface area contributed by atoms with E-state index < -0.39 is 5.60 Å². The number of hydrogen-bond donors (Lipinski definition) is 1. The Bertz CT molecular complexity index is 1440. The molecule has 3 heterocycles. The number of H-pyrrole nitrogens is 1. The molecule has 4 aromatic rings. The lowest BCUT2D eigenvalue weighted by atomic mass is 9.93. The Kier molecular flexibility index (Phi) is 5.42. The molecular weight excluding hydrogens is 428 g/mol. The number of likely N-dealkylation sites (tertiary alicyclic amines) is 1. The molecule has 0 bridgehead atoms. The zero-order valence-corrected chi connectivity index (χ0v) is 20.1. The van der Waals surface area contributed by atoms with E-state index in [0.29, 0.717) is 18.7 Å². The summed E-state index contributed by atoms with van der Waals surface area (Å²) in [5.41, 5.74) is 5.13. The number of benzene rings is 2. The lowest BCUT2D eigenvalue weighted by Crippen LogP contribution is -2.41. The lowest BCUT2D eigenvalue weighted by molar-refractivity contribution is 0.0203. The van der Waals surface area contributed by atoms with Crippen molar-refractivity contribution < 1.29 is 9.53 Å². The zero-order valence-electron chi connectivity index (χ0n) is 20.1. The number of ether oxygens (including phenoxy) is 1. The van der Waals surface area contributed by atoms with Crippen LogP contribution in [0.5, 0.6) is 0 Å². The molecule has 0 spiro atoms. The molecule has 0 radical (unpaired) electrons. The number of fused-ring (bicyclic) bond motifs is 3. The molecule has 0 atom stereocenters. The molecule has 34 heavy (non-hydrogen) atoms. The van der Waals surface area contributed by atoms with Gasteiger partial charge >= 0.3 is 6.09 Å². The van der Waals surface area contributed by atoms with Gasteiger partial charge in [-0.2, -0.15) is 5.10 Å². The highest BCUT2D eigenvalue weighted by Gasteiger charge is 2.29. The van der Waals surface area contributed by atoms with E-state index in [1.54, 1.807) is 11.0 Å². The summed E-state index contributed by atoms with van der Waals surface area (Å²) in [4.78, 5) is 30.0. The van der Waals surface area contributed by atoms with E-state index in [0.717, 1.165) is 40.6 Å². The predicted octanol–water partition coefficient (Wildman–Crippen LogP) is 5.27. The van der Waals surface area contributed by atoms with E-state index in [-0.39, 0.29) is 17.6 Å². The lowest BCUT2D eigenvalue weighted by Gasteiger charge is -2.33. The average molecular weight is 459 g/mol. The topological polar surface area (TPSA) is 79.7 Å². The number of aromatic amines is 1. The molecule has 2 aromatic carbocycles. The first kappa shape index (κ1) is 22.2. The number of nitrogens with one attached hydrogen (secondary N) is 1. The first-order valence-electron chi connectivity index (χ1n) is 11.8. The number of aromatic nitrogens is 3. The van der Waals surface area contributed by atoms with Crippen LogP contribution in [0, 0.1) is 6.92 Å². The fraction of sp³-hybridized carbons (Fsp3) is 0.370. The van der Waals surface area contributed by atoms with E-state index >= 15 is 0 Å². The van der Waals surface area contributed by atoms with Gasteiger partial charge in [0.1, 0.15) is 11.2 Å². The third-order valence-corrected chi connectivity index (χ3v) is 6.46. The first-order valence-corrected chi connectivity index (χ1v) is 11.8. The number of amides is 1. The summed E-state index contributed by atoms with van der Waals surface area (Å²) in [5.74, 6) is 0.125. The summed E-state index contributed by atoms with van der Waals surface area (Å²) in [6.45, 7) is 8.88. The van der Waals surface area contributed by atoms with Crippen LogP contribution in [0.25, 0.3) is 27.7 Å². The summed E-state index contributed by atoms with van der Waals surface area (Å²) in [5, 5.41) is 5.84. The number of carbonyl (C=O) groups is 1. The van der Waals surface area contributed by atoms with Crippen LogP contribution >= 0.6 is 0 Å². The molecule has 1 N–H and O–H groups in total. The molecule has 1 saturated heterocycles. The fourth-order valence-corrected chi connectivity index (χ4v) is 4.86. The maximum Gasteiger partial charge on any atom is 0.410 e. The van der Waals surface area contributed by atoms with Crippen molar-refractivity contribution in [2.75, 3.05) is 13.1 Å². The monoisotopic (exact) mass is 458 g/mol. The van der Waals surface area contributed by atoms with E-state index in [2.05, 4.69) is 30.1 Å². The third-order valence-electron chi connectivity index (χ3n) is 6.46. The molecule has 7 nitrogen and oxygen atoms in total. The van der Waals surface area contributed by atoms with Crippen molar-refractivity contribution in [1.82, 2.24) is 19.5 Å². The van der Waals surface area contributed by atoms with E-state index in [4.69, 9.17) is 9.84 Å². The number of aryl methyl sites for hydroxylation is 1. The Morgan fingerprint density at radius 3 is 2.47 bits per heavy atom. The molecule has 0 saturated carbocycles. The molecule has 5 rings (SSSR count). The van der Waals surface area contributed by atoms with Crippen molar-refractivity contribution in [1.29, 1.82) is 0 Å². The van der Waals surface area contributed by atoms with E-state index in [1.807, 2.05) is 49.6 Å². The molecule has 7 heteroatoms. The molecular formula is C27H30N4O3. The van der Waals surface area contributed by atoms with Crippen molar-refractivity contribution in [2.24, 2.45) is 0 Å². The van der Waals surface area contributed by atoms with E-state index in [1.165, 1.54) is 5.56 Å². The molecule has 176 valence electrons. The molecule has 1 aliphatic rings. The van der Waals surface area contributed by atoms with Gasteiger partial charge in [0, 0.05) is 25.1 Å². The third kappa shape index (κ3) is 4.06. The van der Waals surface area contributed by atoms with Crippen LogP contribution in [0.4, 0.5) is 4.79 Å². The molecule has 2 aromatic heterocycles. The van der Waals surface area contributed by atoms with Crippen LogP contribution in [0.2, 0.25) is 0 Å². The highest BCUT2D eigenvalue weighted by Crippen LogP contribution is 2.35. The van der Waals surface area contributed by atoms with Crippen molar-refractivity contribution in [3.8, 4) is 11.1 Å². The summed E-state index contributed by atoms with van der Waals surface area (Å²) >= 11 is 0. The number of nitrogens with zero attached hydrogens (tertiary/aromatic N) is 3. The van der Waals surface area contributed by atoms with Crippen molar-refractivity contribution in [3.63, 3.8) is 0 Å². The minimum absolute atomic E-state index is 0.125. The molecule has 1 amide bonds. The van der Waals surface area contributed by atoms with Gasteiger partial charge in [-0.15, -0.1) is 0 Å². The number of carbonyl (C=O) groups excluding carboxylic acids is 1. The summed E-state index contributed by atoms with van der Waals surface area (Å²) in [6.07, 6.45) is 1.21. The molecule has 1 fully saturated rings. The quantitative estimate of drug-likeness (QED) is 0.444. The number of piperidine rings is 1. The highest BCUT2D eigenvalue weighted by molar-refractivity contribution is 6.04. The smallest absolute Gasteiger partial charge is 0.410 e. The van der Waals surface area contributed by atoms with Gasteiger partial charge in [-0.05, 0) is 63.3 Å². The maximum absolute atomic E-state index is 12.8. The highest BCUT2D eigenvalue weighted by atomic mass is 16.6. The van der Waals surface area contributed by atoms with Gasteiger partial charge in [0.25, 0.3) is 5.56 Å². The molecule has 0 unspecified atom stereocenters. The maximum atomic E-state index is 12.8. The average Bonchev–Trinajstić information content (AvgIpc) is 3.16. The SMILES string of the molecule is Cc1ccccc1-c1cccc2nn3c(C4CCN(C(=O)OC(C)(C)C)CC4)cc(=O)[nH]c3c12. The Labute approximate surface area is 198 Å². The van der Waals surface area contributed by atoms with E-state index in [9.17, 15) is 9.59 Å². The molecule has 0 aliphatic carbocycles. The number of hydrogen-bond acceptors (Lipinski definition) is 4. The van der Waals surface area contributed by atoms with Gasteiger partial charge in [0.15, 0.2) is 0 Å². The zero-order chi connectivity index (χ0) is 24.0. The Morgan fingerprint density at radius 2 is 1.76 bits per heavy atom. The van der Waals surface area contributed by atoms with Gasteiger partial charge < -0.3 is 14.6 Å². The van der Waals surface area contributed by atoms with Gasteiger partial charge in [0.05, 0.1) is 16.6 Å². The second kappa shape index (κ2) is 8.31. The van der Waals surface area contributed by atoms with Crippen molar-refractivity contribution in [3.05, 3.63) is 70.1 Å². The minimum Gasteiger partial charge on any atom is -0.444 e. The Balaban J connectivity index is 1.54. The van der Waals surface area contributed by atoms with Gasteiger partial charge in [-0.25, -0.2) is 9.31 Å². The normalized spacial score (nSPS) is 15.2. The van der Waals surface area contributed by atoms with Crippen LogP contribution < -0.4 is 5.56 Å². The Morgan fingerprint density at radius 1 is 1.06 bits per heavy atom. The summed E-state index contributed by atoms with van der Waals surface area (Å²) in [7, 11) is 0. The first-order chi connectivity index (χ1) is 16.2. The van der Waals surface area contributed by atoms with Gasteiger partial charge in [0.2, 0.25) is 0 Å². The van der Waals surface area contributed by atoms with Crippen LogP contribution in [0.15, 0.2) is 53.3 Å². The van der Waals surface area contributed by atoms with Crippen molar-refractivity contribution in [2.45, 2.75) is 52.1 Å². The van der Waals surface area contributed by atoms with Gasteiger partial charge in [-0.3, -0.25) is 4.79 Å². The number of rotatable bonds is 2. The Hall–Kier alpha value is -3.61. The van der Waals surface area contributed by atoms with Crippen LogP contribution in [0.1, 0.15) is 50.8 Å². The van der Waals surface area contributed by atoms with Crippen LogP contribution in [-0.4, -0.2) is 44.3 Å². The standard InChI is InChI=1S/C27H30N4O3/c1-17-8-5-6-9-19(17)20-10-7-11-21-24(20)25-28-23(32)16-22(31(25)29-21)18-12-14-30(15-13-18)26(33)34-27(2,3)4/h5-11,16,18H,12-15H2,1-4H3,(H,28,32). The predicted molar refractivity (Wildman–Crippen MR) is 133 cm³/mol. The van der Waals surface area contributed by atoms with Gasteiger partial charge in [-0.1, -0.05) is 36.4 Å². The summed E-state index contributed by atoms with van der Waals surface area (Å²) in [6, 6.07) is 16.0. The minimum atomic E-state index is -0.517. The summed E-state index contributed by atoms with van der Waals surface area (Å²) < 4.78 is 7.42. The second-order valence-electron chi connectivity index (χ2n) is 10.1. The second-order valence-corrected chi connectivity index (χ2v) is 10.1. The van der Waals surface area contributed by atoms with Crippen LogP contribution in [-0.2, 0) is 4.74 Å². The molecule has 1 aliphatic heterocycles. The van der Waals surface area contributed by atoms with Crippen LogP contribution in [0.3, 0.4) is 0 Å². The largest absolute Gasteiger partial charge is 0.444 e.